The third-order valence-corrected chi connectivity index (χ3v) is 2.44. The molecule has 1 aromatic carbocycles. The zero-order valence-electron chi connectivity index (χ0n) is 8.16. The fraction of sp³-hybridized carbons (Fsp3) is 0.222. The SMILES string of the molecule is CCNc1cc(Br)ccc1-c1nnn[nH]1. The van der Waals surface area contributed by atoms with Crippen molar-refractivity contribution in [3.05, 3.63) is 22.7 Å². The molecule has 0 unspecified atom stereocenters. The third kappa shape index (κ3) is 2.15. The van der Waals surface area contributed by atoms with E-state index in [4.69, 9.17) is 0 Å². The average molecular weight is 268 g/mol. The van der Waals surface area contributed by atoms with E-state index >= 15 is 0 Å². The summed E-state index contributed by atoms with van der Waals surface area (Å²) in [6.45, 7) is 2.90. The normalized spacial score (nSPS) is 10.3. The molecule has 0 radical (unpaired) electrons. The minimum atomic E-state index is 0.665. The van der Waals surface area contributed by atoms with E-state index in [9.17, 15) is 0 Å². The number of nitrogens with one attached hydrogen (secondary N) is 2. The van der Waals surface area contributed by atoms with Crippen molar-refractivity contribution in [3.8, 4) is 11.4 Å². The average Bonchev–Trinajstić information content (AvgIpc) is 2.71. The first kappa shape index (κ1) is 10.1. The van der Waals surface area contributed by atoms with Gasteiger partial charge in [-0.05, 0) is 35.5 Å². The first-order valence-corrected chi connectivity index (χ1v) is 5.38. The fourth-order valence-corrected chi connectivity index (χ4v) is 1.69. The first-order chi connectivity index (χ1) is 7.31. The summed E-state index contributed by atoms with van der Waals surface area (Å²) in [5.74, 6) is 0.665. The molecule has 0 aliphatic rings. The number of nitrogens with zero attached hydrogens (tertiary/aromatic N) is 3. The molecule has 2 aromatic rings. The van der Waals surface area contributed by atoms with Crippen molar-refractivity contribution >= 4 is 21.6 Å². The van der Waals surface area contributed by atoms with Gasteiger partial charge in [-0.3, -0.25) is 0 Å². The molecule has 0 aliphatic heterocycles. The molecule has 2 N–H and O–H groups in total. The molecule has 6 heteroatoms. The van der Waals surface area contributed by atoms with Gasteiger partial charge in [-0.25, -0.2) is 5.10 Å². The Morgan fingerprint density at radius 1 is 1.47 bits per heavy atom. The summed E-state index contributed by atoms with van der Waals surface area (Å²) in [6.07, 6.45) is 0. The molecule has 5 nitrogen and oxygen atoms in total. The Bertz CT molecular complexity index is 440. The van der Waals surface area contributed by atoms with Crippen LogP contribution in [0.1, 0.15) is 6.92 Å². The molecular weight excluding hydrogens is 258 g/mol. The highest BCUT2D eigenvalue weighted by Gasteiger charge is 2.07. The van der Waals surface area contributed by atoms with Crippen LogP contribution in [-0.2, 0) is 0 Å². The number of anilines is 1. The molecule has 0 spiro atoms. The van der Waals surface area contributed by atoms with Crippen LogP contribution in [0, 0.1) is 0 Å². The van der Waals surface area contributed by atoms with Crippen LogP contribution in [0.2, 0.25) is 0 Å². The third-order valence-electron chi connectivity index (χ3n) is 1.95. The highest BCUT2D eigenvalue weighted by atomic mass is 79.9. The van der Waals surface area contributed by atoms with Gasteiger partial charge in [-0.15, -0.1) is 5.10 Å². The maximum Gasteiger partial charge on any atom is 0.181 e. The van der Waals surface area contributed by atoms with E-state index in [0.29, 0.717) is 5.82 Å². The molecule has 0 bridgehead atoms. The summed E-state index contributed by atoms with van der Waals surface area (Å²) in [7, 11) is 0. The first-order valence-electron chi connectivity index (χ1n) is 4.58. The monoisotopic (exact) mass is 267 g/mol. The van der Waals surface area contributed by atoms with E-state index < -0.39 is 0 Å². The lowest BCUT2D eigenvalue weighted by atomic mass is 10.1. The van der Waals surface area contributed by atoms with Crippen molar-refractivity contribution in [1.82, 2.24) is 20.6 Å². The Balaban J connectivity index is 2.46. The number of aromatic amines is 1. The number of benzene rings is 1. The minimum Gasteiger partial charge on any atom is -0.385 e. The molecule has 78 valence electrons. The van der Waals surface area contributed by atoms with Crippen LogP contribution in [0.25, 0.3) is 11.4 Å². The Morgan fingerprint density at radius 3 is 3.00 bits per heavy atom. The molecule has 0 atom stereocenters. The highest BCUT2D eigenvalue weighted by Crippen LogP contribution is 2.27. The number of hydrogen-bond donors (Lipinski definition) is 2. The Hall–Kier alpha value is -1.43. The van der Waals surface area contributed by atoms with Crippen LogP contribution < -0.4 is 5.32 Å². The van der Waals surface area contributed by atoms with Crippen LogP contribution in [0.15, 0.2) is 22.7 Å². The second kappa shape index (κ2) is 4.39. The van der Waals surface area contributed by atoms with E-state index in [-0.39, 0.29) is 0 Å². The highest BCUT2D eigenvalue weighted by molar-refractivity contribution is 9.10. The maximum absolute atomic E-state index is 3.89. The molecule has 15 heavy (non-hydrogen) atoms. The molecular formula is C9H10BrN5. The lowest BCUT2D eigenvalue weighted by Gasteiger charge is -2.08. The molecule has 0 fully saturated rings. The Labute approximate surface area is 95.4 Å². The molecule has 1 aromatic heterocycles. The lowest BCUT2D eigenvalue weighted by molar-refractivity contribution is 0.881. The van der Waals surface area contributed by atoms with Gasteiger partial charge < -0.3 is 5.32 Å². The van der Waals surface area contributed by atoms with Crippen molar-refractivity contribution in [3.63, 3.8) is 0 Å². The summed E-state index contributed by atoms with van der Waals surface area (Å²) in [4.78, 5) is 0. The second-order valence-electron chi connectivity index (χ2n) is 2.97. The molecule has 0 aliphatic carbocycles. The molecule has 0 saturated heterocycles. The van der Waals surface area contributed by atoms with Gasteiger partial charge in [0.25, 0.3) is 0 Å². The number of halogens is 1. The van der Waals surface area contributed by atoms with E-state index in [0.717, 1.165) is 22.3 Å². The number of aromatic nitrogens is 4. The van der Waals surface area contributed by atoms with Gasteiger partial charge in [0.05, 0.1) is 0 Å². The smallest absolute Gasteiger partial charge is 0.181 e. The van der Waals surface area contributed by atoms with Crippen LogP contribution in [0.3, 0.4) is 0 Å². The van der Waals surface area contributed by atoms with Gasteiger partial charge in [0.15, 0.2) is 5.82 Å². The van der Waals surface area contributed by atoms with Gasteiger partial charge in [0.2, 0.25) is 0 Å². The maximum atomic E-state index is 3.89. The van der Waals surface area contributed by atoms with Crippen molar-refractivity contribution in [2.75, 3.05) is 11.9 Å². The second-order valence-corrected chi connectivity index (χ2v) is 3.89. The van der Waals surface area contributed by atoms with Crippen molar-refractivity contribution < 1.29 is 0 Å². The molecule has 0 saturated carbocycles. The lowest BCUT2D eigenvalue weighted by Crippen LogP contribution is -1.99. The predicted molar refractivity (Wildman–Crippen MR) is 61.5 cm³/mol. The van der Waals surface area contributed by atoms with Crippen LogP contribution >= 0.6 is 15.9 Å². The van der Waals surface area contributed by atoms with Gasteiger partial charge in [-0.1, -0.05) is 15.9 Å². The molecule has 2 rings (SSSR count). The number of H-pyrrole nitrogens is 1. The van der Waals surface area contributed by atoms with Crippen LogP contribution in [-0.4, -0.2) is 27.2 Å². The van der Waals surface area contributed by atoms with Gasteiger partial charge in [0.1, 0.15) is 0 Å². The van der Waals surface area contributed by atoms with E-state index in [1.807, 2.05) is 25.1 Å². The minimum absolute atomic E-state index is 0.665. The largest absolute Gasteiger partial charge is 0.385 e. The molecule has 0 amide bonds. The van der Waals surface area contributed by atoms with Crippen LogP contribution in [0.4, 0.5) is 5.69 Å². The summed E-state index contributed by atoms with van der Waals surface area (Å²) in [6, 6.07) is 5.92. The number of tetrazole rings is 1. The van der Waals surface area contributed by atoms with E-state index in [1.165, 1.54) is 0 Å². The number of hydrogen-bond acceptors (Lipinski definition) is 4. The number of rotatable bonds is 3. The summed E-state index contributed by atoms with van der Waals surface area (Å²) in [5, 5.41) is 17.0. The fourth-order valence-electron chi connectivity index (χ4n) is 1.33. The predicted octanol–water partition coefficient (Wildman–Crippen LogP) is 2.06. The van der Waals surface area contributed by atoms with E-state index in [2.05, 4.69) is 41.9 Å². The van der Waals surface area contributed by atoms with Gasteiger partial charge >= 0.3 is 0 Å². The van der Waals surface area contributed by atoms with E-state index in [1.54, 1.807) is 0 Å². The van der Waals surface area contributed by atoms with Crippen molar-refractivity contribution in [2.24, 2.45) is 0 Å². The quantitative estimate of drug-likeness (QED) is 0.894. The summed E-state index contributed by atoms with van der Waals surface area (Å²) >= 11 is 3.43. The zero-order valence-corrected chi connectivity index (χ0v) is 9.74. The zero-order chi connectivity index (χ0) is 10.7. The van der Waals surface area contributed by atoms with Gasteiger partial charge in [-0.2, -0.15) is 0 Å². The summed E-state index contributed by atoms with van der Waals surface area (Å²) in [5.41, 5.74) is 1.97. The topological polar surface area (TPSA) is 66.5 Å². The standard InChI is InChI=1S/C9H10BrN5/c1-2-11-8-5-6(10)3-4-7(8)9-12-14-15-13-9/h3-5,11H,2H2,1H3,(H,12,13,14,15). The van der Waals surface area contributed by atoms with Crippen molar-refractivity contribution in [1.29, 1.82) is 0 Å². The Kier molecular flexibility index (Phi) is 2.96. The summed E-state index contributed by atoms with van der Waals surface area (Å²) < 4.78 is 1.02. The van der Waals surface area contributed by atoms with Crippen LogP contribution in [0.5, 0.6) is 0 Å². The van der Waals surface area contributed by atoms with Crippen molar-refractivity contribution in [2.45, 2.75) is 6.92 Å². The van der Waals surface area contributed by atoms with Gasteiger partial charge in [0, 0.05) is 22.3 Å². The molecule has 1 heterocycles. The Morgan fingerprint density at radius 2 is 2.33 bits per heavy atom.